The zero-order chi connectivity index (χ0) is 12.4. The van der Waals surface area contributed by atoms with Crippen molar-refractivity contribution >= 4 is 5.82 Å². The van der Waals surface area contributed by atoms with Gasteiger partial charge in [-0.05, 0) is 54.3 Å². The second-order valence-electron chi connectivity index (χ2n) is 3.86. The molecule has 0 spiro atoms. The van der Waals surface area contributed by atoms with E-state index in [1.807, 2.05) is 32.9 Å². The zero-order valence-corrected chi connectivity index (χ0v) is 10.2. The van der Waals surface area contributed by atoms with Gasteiger partial charge in [0, 0.05) is 5.56 Å². The normalized spacial score (nSPS) is 10.5. The molecule has 5 heteroatoms. The number of ether oxygens (including phenoxy) is 1. The van der Waals surface area contributed by atoms with Gasteiger partial charge in [0.2, 0.25) is 0 Å². The van der Waals surface area contributed by atoms with Crippen molar-refractivity contribution in [2.45, 2.75) is 20.8 Å². The van der Waals surface area contributed by atoms with Crippen LogP contribution in [0.5, 0.6) is 5.75 Å². The predicted octanol–water partition coefficient (Wildman–Crippen LogP) is 2.33. The molecule has 0 atom stereocenters. The Morgan fingerprint density at radius 2 is 2.00 bits per heavy atom. The fourth-order valence-corrected chi connectivity index (χ4v) is 1.74. The largest absolute Gasteiger partial charge is 0.494 e. The molecule has 17 heavy (non-hydrogen) atoms. The van der Waals surface area contributed by atoms with Crippen molar-refractivity contribution in [3.63, 3.8) is 0 Å². The Morgan fingerprint density at radius 1 is 1.24 bits per heavy atom. The molecule has 2 aromatic rings. The van der Waals surface area contributed by atoms with E-state index in [9.17, 15) is 0 Å². The first-order valence-electron chi connectivity index (χ1n) is 5.46. The van der Waals surface area contributed by atoms with E-state index >= 15 is 0 Å². The minimum Gasteiger partial charge on any atom is -0.494 e. The van der Waals surface area contributed by atoms with Crippen molar-refractivity contribution in [3.8, 4) is 17.0 Å². The third kappa shape index (κ3) is 2.08. The molecule has 0 bridgehead atoms. The van der Waals surface area contributed by atoms with E-state index in [2.05, 4.69) is 14.9 Å². The summed E-state index contributed by atoms with van der Waals surface area (Å²) in [7, 11) is 0. The molecule has 2 rings (SSSR count). The standard InChI is InChI=1S/C12H15N3O2/c1-4-16-10-6-7(2)9(5-8(10)3)11-12(13)15-17-14-11/h5-6H,4H2,1-3H3,(H2,13,15). The molecule has 5 nitrogen and oxygen atoms in total. The van der Waals surface area contributed by atoms with Crippen LogP contribution in [0.3, 0.4) is 0 Å². The Labute approximate surface area is 99.5 Å². The van der Waals surface area contributed by atoms with Gasteiger partial charge in [-0.25, -0.2) is 4.63 Å². The quantitative estimate of drug-likeness (QED) is 0.880. The van der Waals surface area contributed by atoms with Crippen molar-refractivity contribution in [3.05, 3.63) is 23.3 Å². The highest BCUT2D eigenvalue weighted by Gasteiger charge is 2.14. The summed E-state index contributed by atoms with van der Waals surface area (Å²) in [6.45, 7) is 6.57. The van der Waals surface area contributed by atoms with Crippen molar-refractivity contribution < 1.29 is 9.37 Å². The van der Waals surface area contributed by atoms with E-state index in [1.54, 1.807) is 0 Å². The summed E-state index contributed by atoms with van der Waals surface area (Å²) in [5.41, 5.74) is 9.25. The van der Waals surface area contributed by atoms with Crippen LogP contribution >= 0.6 is 0 Å². The predicted molar refractivity (Wildman–Crippen MR) is 64.8 cm³/mol. The summed E-state index contributed by atoms with van der Waals surface area (Å²) < 4.78 is 10.1. The fraction of sp³-hybridized carbons (Fsp3) is 0.333. The third-order valence-corrected chi connectivity index (χ3v) is 2.59. The van der Waals surface area contributed by atoms with Crippen LogP contribution in [0.15, 0.2) is 16.8 Å². The lowest BCUT2D eigenvalue weighted by Crippen LogP contribution is -1.97. The van der Waals surface area contributed by atoms with Crippen molar-refractivity contribution in [2.75, 3.05) is 12.3 Å². The molecule has 0 fully saturated rings. The lowest BCUT2D eigenvalue weighted by atomic mass is 10.0. The molecule has 1 heterocycles. The minimum atomic E-state index is 0.302. The highest BCUT2D eigenvalue weighted by atomic mass is 16.6. The number of hydrogen-bond donors (Lipinski definition) is 1. The zero-order valence-electron chi connectivity index (χ0n) is 10.2. The first-order chi connectivity index (χ1) is 8.13. The monoisotopic (exact) mass is 233 g/mol. The van der Waals surface area contributed by atoms with Gasteiger partial charge in [-0.3, -0.25) is 0 Å². The summed E-state index contributed by atoms with van der Waals surface area (Å²) >= 11 is 0. The molecular weight excluding hydrogens is 218 g/mol. The average Bonchev–Trinajstić information content (AvgIpc) is 2.70. The number of benzene rings is 1. The number of aromatic nitrogens is 2. The molecule has 0 amide bonds. The van der Waals surface area contributed by atoms with Crippen LogP contribution < -0.4 is 10.5 Å². The molecule has 0 saturated carbocycles. The van der Waals surface area contributed by atoms with E-state index in [-0.39, 0.29) is 0 Å². The summed E-state index contributed by atoms with van der Waals surface area (Å²) in [5.74, 6) is 1.18. The van der Waals surface area contributed by atoms with Gasteiger partial charge < -0.3 is 10.5 Å². The fourth-order valence-electron chi connectivity index (χ4n) is 1.74. The molecule has 0 aliphatic rings. The van der Waals surface area contributed by atoms with Gasteiger partial charge in [0.05, 0.1) is 6.61 Å². The van der Waals surface area contributed by atoms with Crippen LogP contribution in [0.25, 0.3) is 11.3 Å². The highest BCUT2D eigenvalue weighted by molar-refractivity contribution is 5.73. The topological polar surface area (TPSA) is 74.2 Å². The Kier molecular flexibility index (Phi) is 2.99. The molecule has 90 valence electrons. The number of nitrogens with two attached hydrogens (primary N) is 1. The molecule has 0 aliphatic carbocycles. The maximum Gasteiger partial charge on any atom is 0.196 e. The van der Waals surface area contributed by atoms with Gasteiger partial charge in [-0.1, -0.05) is 0 Å². The van der Waals surface area contributed by atoms with Crippen molar-refractivity contribution in [1.29, 1.82) is 0 Å². The average molecular weight is 233 g/mol. The van der Waals surface area contributed by atoms with E-state index < -0.39 is 0 Å². The number of nitrogens with zero attached hydrogens (tertiary/aromatic N) is 2. The van der Waals surface area contributed by atoms with Crippen molar-refractivity contribution in [2.24, 2.45) is 0 Å². The third-order valence-electron chi connectivity index (χ3n) is 2.59. The van der Waals surface area contributed by atoms with Crippen molar-refractivity contribution in [1.82, 2.24) is 10.3 Å². The van der Waals surface area contributed by atoms with Crippen LogP contribution in [0.4, 0.5) is 5.82 Å². The smallest absolute Gasteiger partial charge is 0.196 e. The van der Waals surface area contributed by atoms with Crippen LogP contribution in [-0.4, -0.2) is 16.9 Å². The maximum absolute atomic E-state index is 5.69. The van der Waals surface area contributed by atoms with E-state index in [1.165, 1.54) is 0 Å². The van der Waals surface area contributed by atoms with Gasteiger partial charge in [0.1, 0.15) is 5.75 Å². The Morgan fingerprint density at radius 3 is 2.59 bits per heavy atom. The molecule has 0 radical (unpaired) electrons. The number of hydrogen-bond acceptors (Lipinski definition) is 5. The van der Waals surface area contributed by atoms with Crippen LogP contribution in [0, 0.1) is 13.8 Å². The van der Waals surface area contributed by atoms with Gasteiger partial charge in [-0.2, -0.15) is 0 Å². The minimum absolute atomic E-state index is 0.302. The first-order valence-corrected chi connectivity index (χ1v) is 5.46. The highest BCUT2D eigenvalue weighted by Crippen LogP contribution is 2.31. The second-order valence-corrected chi connectivity index (χ2v) is 3.86. The number of aryl methyl sites for hydroxylation is 2. The van der Waals surface area contributed by atoms with E-state index in [0.29, 0.717) is 18.1 Å². The van der Waals surface area contributed by atoms with Crippen LogP contribution in [0.1, 0.15) is 18.1 Å². The molecule has 0 unspecified atom stereocenters. The lowest BCUT2D eigenvalue weighted by molar-refractivity contribution is 0.310. The molecular formula is C12H15N3O2. The van der Waals surface area contributed by atoms with Gasteiger partial charge in [-0.15, -0.1) is 0 Å². The summed E-state index contributed by atoms with van der Waals surface area (Å²) in [5, 5.41) is 7.39. The summed E-state index contributed by atoms with van der Waals surface area (Å²) in [6.07, 6.45) is 0. The summed E-state index contributed by atoms with van der Waals surface area (Å²) in [4.78, 5) is 0. The van der Waals surface area contributed by atoms with Gasteiger partial charge in [0.15, 0.2) is 11.5 Å². The van der Waals surface area contributed by atoms with Gasteiger partial charge >= 0.3 is 0 Å². The first kappa shape index (κ1) is 11.4. The Hall–Kier alpha value is -2.04. The molecule has 0 saturated heterocycles. The second kappa shape index (κ2) is 4.45. The number of nitrogen functional groups attached to an aromatic ring is 1. The number of anilines is 1. The maximum atomic E-state index is 5.69. The molecule has 1 aromatic carbocycles. The van der Waals surface area contributed by atoms with Gasteiger partial charge in [0.25, 0.3) is 0 Å². The number of rotatable bonds is 3. The van der Waals surface area contributed by atoms with E-state index in [4.69, 9.17) is 10.5 Å². The molecule has 1 aromatic heterocycles. The summed E-state index contributed by atoms with van der Waals surface area (Å²) in [6, 6.07) is 3.96. The lowest BCUT2D eigenvalue weighted by Gasteiger charge is -2.10. The Balaban J connectivity index is 2.50. The van der Waals surface area contributed by atoms with Crippen LogP contribution in [-0.2, 0) is 0 Å². The molecule has 0 aliphatic heterocycles. The van der Waals surface area contributed by atoms with E-state index in [0.717, 1.165) is 22.4 Å². The Bertz CT molecular complexity index is 535. The van der Waals surface area contributed by atoms with Crippen LogP contribution in [0.2, 0.25) is 0 Å². The SMILES string of the molecule is CCOc1cc(C)c(-c2nonc2N)cc1C. The molecule has 2 N–H and O–H groups in total.